The molecule has 1 saturated heterocycles. The highest BCUT2D eigenvalue weighted by Gasteiger charge is 2.28. The van der Waals surface area contributed by atoms with Gasteiger partial charge >= 0.3 is 5.97 Å². The number of hydrogen-bond donors (Lipinski definition) is 2. The molecule has 0 spiro atoms. The van der Waals surface area contributed by atoms with Crippen LogP contribution in [0.5, 0.6) is 0 Å². The van der Waals surface area contributed by atoms with E-state index in [9.17, 15) is 9.90 Å². The van der Waals surface area contributed by atoms with Crippen LogP contribution in [0.3, 0.4) is 0 Å². The van der Waals surface area contributed by atoms with Crippen LogP contribution in [0.1, 0.15) is 90.9 Å². The maximum Gasteiger partial charge on any atom is 0.322 e. The van der Waals surface area contributed by atoms with Gasteiger partial charge in [0.05, 0.1) is 0 Å². The standard InChI is InChI=1S/C20H40N2O2/c1-3-5-7-9-11-13-18(14-12-10-8-6-4-2)22-16-15-21-19(17-22)20(23)24/h18-19,21H,3-17H2,1-2H3,(H,23,24). The van der Waals surface area contributed by atoms with Gasteiger partial charge in [-0.2, -0.15) is 0 Å². The maximum atomic E-state index is 11.3. The molecular formula is C20H40N2O2. The topological polar surface area (TPSA) is 52.6 Å². The van der Waals surface area contributed by atoms with Gasteiger partial charge in [-0.3, -0.25) is 9.69 Å². The molecule has 0 aromatic heterocycles. The van der Waals surface area contributed by atoms with Crippen LogP contribution in [-0.2, 0) is 4.79 Å². The van der Waals surface area contributed by atoms with Gasteiger partial charge in [0.1, 0.15) is 6.04 Å². The Hall–Kier alpha value is -0.610. The van der Waals surface area contributed by atoms with E-state index >= 15 is 0 Å². The van der Waals surface area contributed by atoms with Gasteiger partial charge in [0.15, 0.2) is 0 Å². The molecule has 1 heterocycles. The van der Waals surface area contributed by atoms with Gasteiger partial charge in [0.25, 0.3) is 0 Å². The molecule has 0 aliphatic carbocycles. The normalized spacial score (nSPS) is 19.0. The lowest BCUT2D eigenvalue weighted by Crippen LogP contribution is -2.56. The van der Waals surface area contributed by atoms with Crippen molar-refractivity contribution in [3.63, 3.8) is 0 Å². The minimum atomic E-state index is -0.704. The third kappa shape index (κ3) is 9.03. The lowest BCUT2D eigenvalue weighted by atomic mass is 9.98. The molecule has 1 fully saturated rings. The van der Waals surface area contributed by atoms with Crippen LogP contribution in [0, 0.1) is 0 Å². The Bertz CT molecular complexity index is 309. The second kappa shape index (κ2) is 13.7. The molecule has 1 rings (SSSR count). The molecule has 0 saturated carbocycles. The largest absolute Gasteiger partial charge is 0.480 e. The zero-order valence-electron chi connectivity index (χ0n) is 16.1. The molecule has 0 bridgehead atoms. The Morgan fingerprint density at radius 3 is 2.04 bits per heavy atom. The van der Waals surface area contributed by atoms with Crippen LogP contribution in [0.25, 0.3) is 0 Å². The van der Waals surface area contributed by atoms with Crippen molar-refractivity contribution in [2.75, 3.05) is 19.6 Å². The fourth-order valence-corrected chi connectivity index (χ4v) is 3.75. The Kier molecular flexibility index (Phi) is 12.2. The Labute approximate surface area is 149 Å². The number of rotatable bonds is 14. The molecule has 1 aliphatic rings. The fraction of sp³-hybridized carbons (Fsp3) is 0.950. The van der Waals surface area contributed by atoms with Crippen LogP contribution < -0.4 is 5.32 Å². The van der Waals surface area contributed by atoms with Crippen LogP contribution in [0.2, 0.25) is 0 Å². The predicted octanol–water partition coefficient (Wildman–Crippen LogP) is 4.43. The number of piperazine rings is 1. The second-order valence-corrected chi connectivity index (χ2v) is 7.40. The molecule has 0 radical (unpaired) electrons. The van der Waals surface area contributed by atoms with E-state index in [-0.39, 0.29) is 6.04 Å². The van der Waals surface area contributed by atoms with E-state index in [0.29, 0.717) is 12.6 Å². The molecule has 0 amide bonds. The predicted molar refractivity (Wildman–Crippen MR) is 102 cm³/mol. The first-order valence-corrected chi connectivity index (χ1v) is 10.4. The third-order valence-electron chi connectivity index (χ3n) is 5.30. The van der Waals surface area contributed by atoms with Gasteiger partial charge in [-0.1, -0.05) is 78.1 Å². The number of carboxylic acids is 1. The maximum absolute atomic E-state index is 11.3. The number of hydrogen-bond acceptors (Lipinski definition) is 3. The molecule has 142 valence electrons. The summed E-state index contributed by atoms with van der Waals surface area (Å²) >= 11 is 0. The van der Waals surface area contributed by atoms with Gasteiger partial charge in [-0.25, -0.2) is 0 Å². The van der Waals surface area contributed by atoms with Gasteiger partial charge in [0.2, 0.25) is 0 Å². The van der Waals surface area contributed by atoms with Crippen molar-refractivity contribution in [1.29, 1.82) is 0 Å². The Morgan fingerprint density at radius 1 is 1.00 bits per heavy atom. The zero-order chi connectivity index (χ0) is 17.6. The first-order valence-electron chi connectivity index (χ1n) is 10.4. The van der Waals surface area contributed by atoms with Crippen LogP contribution >= 0.6 is 0 Å². The van der Waals surface area contributed by atoms with Gasteiger partial charge in [-0.15, -0.1) is 0 Å². The van der Waals surface area contributed by atoms with E-state index in [1.54, 1.807) is 0 Å². The first kappa shape index (κ1) is 21.4. The van der Waals surface area contributed by atoms with Crippen molar-refractivity contribution >= 4 is 5.97 Å². The van der Waals surface area contributed by atoms with Crippen molar-refractivity contribution in [1.82, 2.24) is 10.2 Å². The monoisotopic (exact) mass is 340 g/mol. The number of nitrogens with zero attached hydrogens (tertiary/aromatic N) is 1. The van der Waals surface area contributed by atoms with Gasteiger partial charge in [0, 0.05) is 25.7 Å². The molecule has 24 heavy (non-hydrogen) atoms. The first-order chi connectivity index (χ1) is 11.7. The quantitative estimate of drug-likeness (QED) is 0.459. The average molecular weight is 341 g/mol. The zero-order valence-corrected chi connectivity index (χ0v) is 16.1. The van der Waals surface area contributed by atoms with Crippen molar-refractivity contribution in [2.24, 2.45) is 0 Å². The van der Waals surface area contributed by atoms with Crippen molar-refractivity contribution in [3.8, 4) is 0 Å². The van der Waals surface area contributed by atoms with Crippen LogP contribution in [0.4, 0.5) is 0 Å². The van der Waals surface area contributed by atoms with E-state index in [4.69, 9.17) is 0 Å². The number of aliphatic carboxylic acids is 1. The molecule has 1 aliphatic heterocycles. The summed E-state index contributed by atoms with van der Waals surface area (Å²) in [5, 5.41) is 12.4. The summed E-state index contributed by atoms with van der Waals surface area (Å²) in [6.45, 7) is 6.99. The number of nitrogens with one attached hydrogen (secondary N) is 1. The van der Waals surface area contributed by atoms with Crippen molar-refractivity contribution in [2.45, 2.75) is 103 Å². The highest BCUT2D eigenvalue weighted by Crippen LogP contribution is 2.20. The molecule has 0 aromatic rings. The summed E-state index contributed by atoms with van der Waals surface area (Å²) in [6.07, 6.45) is 15.7. The molecule has 1 unspecified atom stereocenters. The summed E-state index contributed by atoms with van der Waals surface area (Å²) in [4.78, 5) is 13.8. The molecule has 0 aromatic carbocycles. The highest BCUT2D eigenvalue weighted by molar-refractivity contribution is 5.73. The second-order valence-electron chi connectivity index (χ2n) is 7.40. The minimum absolute atomic E-state index is 0.388. The smallest absolute Gasteiger partial charge is 0.322 e. The van der Waals surface area contributed by atoms with Crippen molar-refractivity contribution < 1.29 is 9.90 Å². The molecular weight excluding hydrogens is 300 g/mol. The van der Waals surface area contributed by atoms with Crippen molar-refractivity contribution in [3.05, 3.63) is 0 Å². The summed E-state index contributed by atoms with van der Waals surface area (Å²) in [7, 11) is 0. The third-order valence-corrected chi connectivity index (χ3v) is 5.30. The number of carboxylic acid groups (broad SMARTS) is 1. The summed E-state index contributed by atoms with van der Waals surface area (Å²) in [5.74, 6) is -0.704. The highest BCUT2D eigenvalue weighted by atomic mass is 16.4. The minimum Gasteiger partial charge on any atom is -0.480 e. The van der Waals surface area contributed by atoms with Crippen LogP contribution in [-0.4, -0.2) is 47.7 Å². The molecule has 4 heteroatoms. The fourth-order valence-electron chi connectivity index (χ4n) is 3.75. The molecule has 1 atom stereocenters. The van der Waals surface area contributed by atoms with E-state index in [0.717, 1.165) is 13.1 Å². The Morgan fingerprint density at radius 2 is 1.54 bits per heavy atom. The van der Waals surface area contributed by atoms with E-state index in [1.807, 2.05) is 0 Å². The van der Waals surface area contributed by atoms with E-state index in [2.05, 4.69) is 24.1 Å². The Balaban J connectivity index is 2.41. The van der Waals surface area contributed by atoms with Gasteiger partial charge < -0.3 is 10.4 Å². The lowest BCUT2D eigenvalue weighted by molar-refractivity contribution is -0.141. The number of unbranched alkanes of at least 4 members (excludes halogenated alkanes) is 8. The molecule has 2 N–H and O–H groups in total. The summed E-state index contributed by atoms with van der Waals surface area (Å²) in [6, 6.07) is 0.193. The van der Waals surface area contributed by atoms with Crippen LogP contribution in [0.15, 0.2) is 0 Å². The van der Waals surface area contributed by atoms with Gasteiger partial charge in [-0.05, 0) is 12.8 Å². The lowest BCUT2D eigenvalue weighted by Gasteiger charge is -2.38. The number of carbonyl (C=O) groups is 1. The van der Waals surface area contributed by atoms with E-state index in [1.165, 1.54) is 77.0 Å². The SMILES string of the molecule is CCCCCCCC(CCCCCCC)N1CCNC(C(=O)O)C1. The van der Waals surface area contributed by atoms with E-state index < -0.39 is 5.97 Å². The average Bonchev–Trinajstić information content (AvgIpc) is 2.59. The summed E-state index contributed by atoms with van der Waals surface area (Å²) in [5.41, 5.74) is 0. The molecule has 4 nitrogen and oxygen atoms in total. The summed E-state index contributed by atoms with van der Waals surface area (Å²) < 4.78 is 0.